The van der Waals surface area contributed by atoms with Gasteiger partial charge in [0.25, 0.3) is 0 Å². The van der Waals surface area contributed by atoms with Crippen molar-refractivity contribution in [2.45, 2.75) is 112 Å². The molecular weight excluding hydrogens is 534 g/mol. The summed E-state index contributed by atoms with van der Waals surface area (Å²) in [6.07, 6.45) is -22.1. The third-order valence-corrected chi connectivity index (χ3v) is 7.35. The first kappa shape index (κ1) is 30.8. The van der Waals surface area contributed by atoms with Gasteiger partial charge in [0.05, 0.1) is 19.3 Å². The van der Waals surface area contributed by atoms with Gasteiger partial charge in [-0.05, 0) is 6.42 Å². The minimum absolute atomic E-state index is 0.0422. The van der Waals surface area contributed by atoms with Crippen molar-refractivity contribution in [1.29, 1.82) is 0 Å². The summed E-state index contributed by atoms with van der Waals surface area (Å²) in [4.78, 5) is 11.8. The number of hydrogen-bond acceptors (Lipinski definition) is 16. The zero-order valence-electron chi connectivity index (χ0n) is 20.9. The molecule has 0 aromatic rings. The third-order valence-electron chi connectivity index (χ3n) is 7.35. The number of ether oxygens (including phenoxy) is 6. The second-order valence-corrected chi connectivity index (χ2v) is 10.0. The SMILES string of the molecule is CC(=O)N[C@H]1[C@H](O[C@@H]2[C@@H](O[C@@H]3CCO[C@H]4[C@H](O)[C@@H](O)C(O)O[C@@H]43)O[C@H](CO)[C@@H](O)[C@@H]2O)O[C@H](CO)[C@@H](O)[C@@H]1O. The molecule has 0 spiro atoms. The Morgan fingerprint density at radius 1 is 0.769 bits per heavy atom. The Hall–Kier alpha value is -1.13. The molecule has 226 valence electrons. The Kier molecular flexibility index (Phi) is 10.1. The van der Waals surface area contributed by atoms with Crippen LogP contribution in [0.1, 0.15) is 13.3 Å². The molecule has 4 aliphatic rings. The molecule has 17 heteroatoms. The normalized spacial score (nSPS) is 50.7. The fourth-order valence-electron chi connectivity index (χ4n) is 5.22. The second-order valence-electron chi connectivity index (χ2n) is 10.0. The summed E-state index contributed by atoms with van der Waals surface area (Å²) >= 11 is 0. The maximum absolute atomic E-state index is 11.8. The zero-order valence-corrected chi connectivity index (χ0v) is 20.9. The molecular formula is C22H37NO16. The van der Waals surface area contributed by atoms with E-state index >= 15 is 0 Å². The van der Waals surface area contributed by atoms with E-state index in [1.165, 1.54) is 0 Å². The van der Waals surface area contributed by atoms with E-state index < -0.39 is 117 Å². The molecule has 16 atom stereocenters. The quantitative estimate of drug-likeness (QED) is 0.136. The van der Waals surface area contributed by atoms with Crippen molar-refractivity contribution in [3.8, 4) is 0 Å². The van der Waals surface area contributed by atoms with Crippen LogP contribution in [0.5, 0.6) is 0 Å². The van der Waals surface area contributed by atoms with Crippen LogP contribution in [0.15, 0.2) is 0 Å². The first-order valence-electron chi connectivity index (χ1n) is 12.6. The summed E-state index contributed by atoms with van der Waals surface area (Å²) in [7, 11) is 0. The van der Waals surface area contributed by atoms with E-state index in [-0.39, 0.29) is 13.0 Å². The number of carbonyl (C=O) groups excluding carboxylic acids is 1. The third kappa shape index (κ3) is 6.22. The van der Waals surface area contributed by atoms with Gasteiger partial charge >= 0.3 is 0 Å². The number of hydrogen-bond donors (Lipinski definition) is 10. The fraction of sp³-hybridized carbons (Fsp3) is 0.955. The van der Waals surface area contributed by atoms with Gasteiger partial charge in [0.2, 0.25) is 5.91 Å². The summed E-state index contributed by atoms with van der Waals surface area (Å²) < 4.78 is 34.0. The molecule has 0 aliphatic carbocycles. The minimum Gasteiger partial charge on any atom is -0.394 e. The molecule has 17 nitrogen and oxygen atoms in total. The number of amides is 1. The van der Waals surface area contributed by atoms with Crippen molar-refractivity contribution in [3.63, 3.8) is 0 Å². The maximum atomic E-state index is 11.8. The Labute approximate surface area is 222 Å². The molecule has 0 aromatic carbocycles. The van der Waals surface area contributed by atoms with E-state index in [0.29, 0.717) is 0 Å². The van der Waals surface area contributed by atoms with Gasteiger partial charge in [0.1, 0.15) is 73.2 Å². The summed E-state index contributed by atoms with van der Waals surface area (Å²) in [5.74, 6) is -0.624. The number of nitrogens with one attached hydrogen (secondary N) is 1. The lowest BCUT2D eigenvalue weighted by atomic mass is 9.91. The van der Waals surface area contributed by atoms with Crippen molar-refractivity contribution in [3.05, 3.63) is 0 Å². The van der Waals surface area contributed by atoms with Crippen molar-refractivity contribution in [1.82, 2.24) is 5.32 Å². The van der Waals surface area contributed by atoms with Crippen LogP contribution in [0.3, 0.4) is 0 Å². The summed E-state index contributed by atoms with van der Waals surface area (Å²) in [6, 6.07) is -1.39. The highest BCUT2D eigenvalue weighted by Crippen LogP contribution is 2.35. The highest BCUT2D eigenvalue weighted by molar-refractivity contribution is 5.73. The zero-order chi connectivity index (χ0) is 28.6. The van der Waals surface area contributed by atoms with Gasteiger partial charge in [-0.2, -0.15) is 0 Å². The second kappa shape index (κ2) is 12.8. The molecule has 1 amide bonds. The first-order chi connectivity index (χ1) is 18.5. The van der Waals surface area contributed by atoms with Crippen molar-refractivity contribution >= 4 is 5.91 Å². The average Bonchev–Trinajstić information content (AvgIpc) is 2.90. The standard InChI is InChI=1S/C22H37NO16/c1-6(26)23-10-13(29)11(27)8(4-24)36-21(10)39-19-14(30)12(28)9(5-25)37-22(19)35-7-2-3-34-18-15(31)16(32)20(33)38-17(7)18/h7-22,24-25,27-33H,2-5H2,1H3,(H,23,26)/t7-,8-,9-,10-,11-,12-,13-,14+,15-,16-,17-,18+,19+,20?,21+,22+/m1/s1. The average molecular weight is 572 g/mol. The van der Waals surface area contributed by atoms with Gasteiger partial charge in [-0.25, -0.2) is 0 Å². The summed E-state index contributed by atoms with van der Waals surface area (Å²) in [5, 5.41) is 94.2. The van der Waals surface area contributed by atoms with Gasteiger partial charge in [0.15, 0.2) is 18.9 Å². The lowest BCUT2D eigenvalue weighted by Crippen LogP contribution is -2.68. The Bertz CT molecular complexity index is 823. The van der Waals surface area contributed by atoms with Crippen LogP contribution in [0, 0.1) is 0 Å². The molecule has 0 radical (unpaired) electrons. The van der Waals surface area contributed by atoms with Gasteiger partial charge in [-0.15, -0.1) is 0 Å². The predicted octanol–water partition coefficient (Wildman–Crippen LogP) is -6.63. The molecule has 4 fully saturated rings. The molecule has 39 heavy (non-hydrogen) atoms. The van der Waals surface area contributed by atoms with Gasteiger partial charge < -0.3 is 79.7 Å². The van der Waals surface area contributed by atoms with Crippen LogP contribution in [0.25, 0.3) is 0 Å². The van der Waals surface area contributed by atoms with Crippen molar-refractivity contribution in [2.75, 3.05) is 19.8 Å². The summed E-state index contributed by atoms with van der Waals surface area (Å²) in [5.41, 5.74) is 0. The van der Waals surface area contributed by atoms with Crippen molar-refractivity contribution < 1.29 is 79.2 Å². The van der Waals surface area contributed by atoms with E-state index in [1.54, 1.807) is 0 Å². The van der Waals surface area contributed by atoms with Gasteiger partial charge in [-0.1, -0.05) is 0 Å². The maximum Gasteiger partial charge on any atom is 0.217 e. The Morgan fingerprint density at radius 3 is 2.00 bits per heavy atom. The monoisotopic (exact) mass is 571 g/mol. The van der Waals surface area contributed by atoms with Gasteiger partial charge in [-0.3, -0.25) is 4.79 Å². The smallest absolute Gasteiger partial charge is 0.217 e. The first-order valence-corrected chi connectivity index (χ1v) is 12.6. The molecule has 0 bridgehead atoms. The number of fused-ring (bicyclic) bond motifs is 1. The van der Waals surface area contributed by atoms with Crippen LogP contribution >= 0.6 is 0 Å². The Morgan fingerprint density at radius 2 is 1.38 bits per heavy atom. The van der Waals surface area contributed by atoms with Gasteiger partial charge in [0, 0.05) is 13.5 Å². The van der Waals surface area contributed by atoms with Crippen LogP contribution in [0.2, 0.25) is 0 Å². The van der Waals surface area contributed by atoms with Crippen LogP contribution < -0.4 is 5.32 Å². The fourth-order valence-corrected chi connectivity index (χ4v) is 5.22. The van der Waals surface area contributed by atoms with E-state index in [0.717, 1.165) is 6.92 Å². The Balaban J connectivity index is 1.58. The minimum atomic E-state index is -1.78. The van der Waals surface area contributed by atoms with Crippen LogP contribution in [0.4, 0.5) is 0 Å². The van der Waals surface area contributed by atoms with Crippen molar-refractivity contribution in [2.24, 2.45) is 0 Å². The largest absolute Gasteiger partial charge is 0.394 e. The number of carbonyl (C=O) groups is 1. The predicted molar refractivity (Wildman–Crippen MR) is 120 cm³/mol. The van der Waals surface area contributed by atoms with Crippen LogP contribution in [-0.2, 0) is 33.2 Å². The molecule has 4 saturated heterocycles. The molecule has 4 aliphatic heterocycles. The van der Waals surface area contributed by atoms with E-state index in [9.17, 15) is 50.8 Å². The van der Waals surface area contributed by atoms with E-state index in [2.05, 4.69) is 5.32 Å². The molecule has 1 unspecified atom stereocenters. The molecule has 0 saturated carbocycles. The topological polar surface area (TPSA) is 267 Å². The molecule has 4 heterocycles. The molecule has 0 aromatic heterocycles. The lowest BCUT2D eigenvalue weighted by Gasteiger charge is -2.50. The number of aliphatic hydroxyl groups excluding tert-OH is 9. The summed E-state index contributed by atoms with van der Waals surface area (Å²) in [6.45, 7) is -0.278. The lowest BCUT2D eigenvalue weighted by molar-refractivity contribution is -0.379. The number of rotatable bonds is 7. The van der Waals surface area contributed by atoms with E-state index in [1.807, 2.05) is 0 Å². The highest BCUT2D eigenvalue weighted by Gasteiger charge is 2.54. The van der Waals surface area contributed by atoms with E-state index in [4.69, 9.17) is 28.4 Å². The molecule has 10 N–H and O–H groups in total. The molecule has 4 rings (SSSR count). The number of aliphatic hydroxyl groups is 9. The van der Waals surface area contributed by atoms with Crippen LogP contribution in [-0.4, -0.2) is 170 Å². The highest BCUT2D eigenvalue weighted by atomic mass is 16.8.